The van der Waals surface area contributed by atoms with Crippen LogP contribution < -0.4 is 5.73 Å². The van der Waals surface area contributed by atoms with E-state index < -0.39 is 0 Å². The lowest BCUT2D eigenvalue weighted by Gasteiger charge is -2.25. The molecule has 0 amide bonds. The number of benzene rings is 1. The molecule has 20 heavy (non-hydrogen) atoms. The number of nitrogens with two attached hydrogens (primary N) is 1. The summed E-state index contributed by atoms with van der Waals surface area (Å²) in [5, 5.41) is 0. The molecule has 3 nitrogen and oxygen atoms in total. The van der Waals surface area contributed by atoms with Gasteiger partial charge in [-0.15, -0.1) is 0 Å². The van der Waals surface area contributed by atoms with Gasteiger partial charge >= 0.3 is 0 Å². The second-order valence-electron chi connectivity index (χ2n) is 7.72. The Morgan fingerprint density at radius 1 is 1.15 bits per heavy atom. The minimum absolute atomic E-state index is 0.0395. The smallest absolute Gasteiger partial charge is 0.197 e. The van der Waals surface area contributed by atoms with Gasteiger partial charge in [-0.2, -0.15) is 0 Å². The summed E-state index contributed by atoms with van der Waals surface area (Å²) in [4.78, 5) is 4.59. The highest BCUT2D eigenvalue weighted by molar-refractivity contribution is 5.73. The largest absolute Gasteiger partial charge is 0.441 e. The lowest BCUT2D eigenvalue weighted by molar-refractivity contribution is 0.303. The van der Waals surface area contributed by atoms with Crippen LogP contribution in [0.25, 0.3) is 11.1 Å². The summed E-state index contributed by atoms with van der Waals surface area (Å²) in [5.74, 6) is 0.730. The first-order valence-corrected chi connectivity index (χ1v) is 7.23. The molecule has 0 fully saturated rings. The van der Waals surface area contributed by atoms with Gasteiger partial charge in [-0.3, -0.25) is 0 Å². The second-order valence-corrected chi connectivity index (χ2v) is 7.72. The quantitative estimate of drug-likeness (QED) is 0.899. The molecule has 1 aromatic carbocycles. The van der Waals surface area contributed by atoms with Crippen LogP contribution in [0.5, 0.6) is 0 Å². The molecule has 0 saturated heterocycles. The summed E-state index contributed by atoms with van der Waals surface area (Å²) in [6.45, 7) is 13.0. The fourth-order valence-electron chi connectivity index (χ4n) is 2.02. The van der Waals surface area contributed by atoms with Crippen LogP contribution in [0.4, 0.5) is 0 Å². The molecule has 2 aromatic rings. The van der Waals surface area contributed by atoms with Crippen LogP contribution >= 0.6 is 0 Å². The maximum Gasteiger partial charge on any atom is 0.197 e. The van der Waals surface area contributed by atoms with Crippen molar-refractivity contribution in [3.63, 3.8) is 0 Å². The van der Waals surface area contributed by atoms with Gasteiger partial charge in [-0.05, 0) is 28.5 Å². The van der Waals surface area contributed by atoms with Gasteiger partial charge in [0, 0.05) is 12.5 Å². The van der Waals surface area contributed by atoms with Crippen molar-refractivity contribution in [1.29, 1.82) is 0 Å². The third-order valence-corrected chi connectivity index (χ3v) is 3.80. The molecule has 0 saturated carbocycles. The van der Waals surface area contributed by atoms with Crippen molar-refractivity contribution >= 4 is 11.1 Å². The number of hydrogen-bond acceptors (Lipinski definition) is 3. The third kappa shape index (κ3) is 3.21. The number of hydrogen-bond donors (Lipinski definition) is 1. The van der Waals surface area contributed by atoms with Gasteiger partial charge in [-0.25, -0.2) is 4.98 Å². The fraction of sp³-hybridized carbons (Fsp3) is 0.588. The molecule has 0 aliphatic heterocycles. The van der Waals surface area contributed by atoms with Crippen LogP contribution in [-0.2, 0) is 11.8 Å². The van der Waals surface area contributed by atoms with Gasteiger partial charge in [-0.1, -0.05) is 47.6 Å². The van der Waals surface area contributed by atoms with Gasteiger partial charge in [0.05, 0.1) is 0 Å². The first-order chi connectivity index (χ1) is 9.07. The summed E-state index contributed by atoms with van der Waals surface area (Å²) < 4.78 is 5.81. The lowest BCUT2D eigenvalue weighted by atomic mass is 9.85. The predicted octanol–water partition coefficient (Wildman–Crippen LogP) is 4.04. The number of aromatic nitrogens is 1. The van der Waals surface area contributed by atoms with Crippen LogP contribution in [0, 0.1) is 5.41 Å². The van der Waals surface area contributed by atoms with Crippen LogP contribution in [0.3, 0.4) is 0 Å². The summed E-state index contributed by atoms with van der Waals surface area (Å²) in [7, 11) is 0. The van der Waals surface area contributed by atoms with Crippen LogP contribution in [0.1, 0.15) is 53.0 Å². The molecule has 0 aliphatic rings. The Labute approximate surface area is 121 Å². The predicted molar refractivity (Wildman–Crippen MR) is 83.8 cm³/mol. The van der Waals surface area contributed by atoms with E-state index >= 15 is 0 Å². The van der Waals surface area contributed by atoms with E-state index in [0.717, 1.165) is 17.0 Å². The van der Waals surface area contributed by atoms with Gasteiger partial charge in [0.2, 0.25) is 0 Å². The van der Waals surface area contributed by atoms with Gasteiger partial charge < -0.3 is 10.2 Å². The van der Waals surface area contributed by atoms with E-state index in [-0.39, 0.29) is 16.9 Å². The number of rotatable bonds is 2. The monoisotopic (exact) mass is 274 g/mol. The molecular weight excluding hydrogens is 248 g/mol. The van der Waals surface area contributed by atoms with Gasteiger partial charge in [0.25, 0.3) is 0 Å². The Kier molecular flexibility index (Phi) is 3.67. The molecule has 0 bridgehead atoms. The van der Waals surface area contributed by atoms with Crippen molar-refractivity contribution in [3.8, 4) is 0 Å². The zero-order valence-corrected chi connectivity index (χ0v) is 13.4. The minimum Gasteiger partial charge on any atom is -0.441 e. The molecule has 0 spiro atoms. The van der Waals surface area contributed by atoms with Crippen molar-refractivity contribution in [2.45, 2.75) is 59.4 Å². The molecule has 0 radical (unpaired) electrons. The van der Waals surface area contributed by atoms with Crippen molar-refractivity contribution in [2.24, 2.45) is 11.1 Å². The highest BCUT2D eigenvalue weighted by Gasteiger charge is 2.23. The number of fused-ring (bicyclic) bond motifs is 1. The summed E-state index contributed by atoms with van der Waals surface area (Å²) in [6.07, 6.45) is 0.670. The Morgan fingerprint density at radius 3 is 2.35 bits per heavy atom. The maximum atomic E-state index is 6.20. The number of oxazole rings is 1. The molecule has 2 N–H and O–H groups in total. The molecule has 0 aliphatic carbocycles. The second kappa shape index (κ2) is 4.88. The SMILES string of the molecule is CC(C)(C)c1ccc2oc(CC(N)C(C)(C)C)nc2c1. The average molecular weight is 274 g/mol. The highest BCUT2D eigenvalue weighted by Crippen LogP contribution is 2.27. The zero-order chi connectivity index (χ0) is 15.1. The summed E-state index contributed by atoms with van der Waals surface area (Å²) in [5.41, 5.74) is 9.41. The van der Waals surface area contributed by atoms with E-state index in [0.29, 0.717) is 6.42 Å². The van der Waals surface area contributed by atoms with Crippen LogP contribution in [0.15, 0.2) is 22.6 Å². The Hall–Kier alpha value is -1.35. The Balaban J connectivity index is 2.30. The molecule has 1 aromatic heterocycles. The molecular formula is C17H26N2O. The van der Waals surface area contributed by atoms with Gasteiger partial charge in [0.15, 0.2) is 11.5 Å². The third-order valence-electron chi connectivity index (χ3n) is 3.80. The van der Waals surface area contributed by atoms with Crippen molar-refractivity contribution in [2.75, 3.05) is 0 Å². The van der Waals surface area contributed by atoms with Crippen molar-refractivity contribution < 1.29 is 4.42 Å². The normalized spacial score (nSPS) is 14.8. The van der Waals surface area contributed by atoms with Crippen LogP contribution in [-0.4, -0.2) is 11.0 Å². The van der Waals surface area contributed by atoms with E-state index in [1.807, 2.05) is 6.07 Å². The first kappa shape index (κ1) is 15.0. The highest BCUT2D eigenvalue weighted by atomic mass is 16.3. The molecule has 3 heteroatoms. The van der Waals surface area contributed by atoms with E-state index in [1.165, 1.54) is 5.56 Å². The zero-order valence-electron chi connectivity index (χ0n) is 13.4. The Bertz CT molecular complexity index is 599. The molecule has 1 unspecified atom stereocenters. The molecule has 1 atom stereocenters. The van der Waals surface area contributed by atoms with Crippen molar-refractivity contribution in [1.82, 2.24) is 4.98 Å². The Morgan fingerprint density at radius 2 is 1.80 bits per heavy atom. The van der Waals surface area contributed by atoms with Crippen LogP contribution in [0.2, 0.25) is 0 Å². The van der Waals surface area contributed by atoms with E-state index in [2.05, 4.69) is 58.7 Å². The van der Waals surface area contributed by atoms with E-state index in [1.54, 1.807) is 0 Å². The lowest BCUT2D eigenvalue weighted by Crippen LogP contribution is -2.36. The van der Waals surface area contributed by atoms with Gasteiger partial charge in [0.1, 0.15) is 5.52 Å². The topological polar surface area (TPSA) is 52.0 Å². The molecule has 110 valence electrons. The van der Waals surface area contributed by atoms with E-state index in [4.69, 9.17) is 10.2 Å². The summed E-state index contributed by atoms with van der Waals surface area (Å²) in [6, 6.07) is 6.28. The van der Waals surface area contributed by atoms with E-state index in [9.17, 15) is 0 Å². The molecule has 2 rings (SSSR count). The maximum absolute atomic E-state index is 6.20. The average Bonchev–Trinajstić information content (AvgIpc) is 2.67. The number of nitrogens with zero attached hydrogens (tertiary/aromatic N) is 1. The standard InChI is InChI=1S/C17H26N2O/c1-16(2,3)11-7-8-13-12(9-11)19-15(20-13)10-14(18)17(4,5)6/h7-9,14H,10,18H2,1-6H3. The fourth-order valence-corrected chi connectivity index (χ4v) is 2.02. The minimum atomic E-state index is 0.0395. The first-order valence-electron chi connectivity index (χ1n) is 7.23. The summed E-state index contributed by atoms with van der Waals surface area (Å²) >= 11 is 0. The molecule has 1 heterocycles. The van der Waals surface area contributed by atoms with Crippen molar-refractivity contribution in [3.05, 3.63) is 29.7 Å².